The number of hydrogen-bond acceptors (Lipinski definition) is 26. The summed E-state index contributed by atoms with van der Waals surface area (Å²) in [5.74, 6) is -1.12. The fraction of sp³-hybridized carbons (Fsp3) is 0.926. The molecule has 8 fully saturated rings. The summed E-state index contributed by atoms with van der Waals surface area (Å²) in [5.41, 5.74) is -3.59. The molecule has 0 radical (unpaired) electrons. The normalized spacial score (nSPS) is 50.1. The van der Waals surface area contributed by atoms with Crippen molar-refractivity contribution in [1.82, 2.24) is 0 Å². The number of carbonyl (C=O) groups is 2. The van der Waals surface area contributed by atoms with E-state index in [0.29, 0.717) is 44.9 Å². The van der Waals surface area contributed by atoms with Gasteiger partial charge < -0.3 is 103 Å². The monoisotopic (exact) mass is 1200 g/mol. The van der Waals surface area contributed by atoms with Gasteiger partial charge in [-0.1, -0.05) is 53.2 Å². The van der Waals surface area contributed by atoms with E-state index in [9.17, 15) is 73.6 Å². The predicted molar refractivity (Wildman–Crippen MR) is 271 cm³/mol. The van der Waals surface area contributed by atoms with Crippen LogP contribution in [0.25, 0.3) is 0 Å². The van der Waals surface area contributed by atoms with Gasteiger partial charge in [-0.2, -0.15) is 0 Å². The molecule has 0 amide bonds. The molecule has 0 aromatic heterocycles. The van der Waals surface area contributed by atoms with E-state index in [-0.39, 0.29) is 59.5 Å². The van der Waals surface area contributed by atoms with Crippen LogP contribution in [0.5, 0.6) is 0 Å². The molecule has 9 aliphatic rings. The summed E-state index contributed by atoms with van der Waals surface area (Å²) in [6.07, 6.45) is -28.2. The molecule has 0 bridgehead atoms. The number of ketones is 1. The van der Waals surface area contributed by atoms with Crippen LogP contribution in [0.2, 0.25) is 0 Å². The molecule has 82 heavy (non-hydrogen) atoms. The molecule has 464 valence electrons. The number of carbonyl (C=O) groups excluding carboxylic acids is 2. The smallest absolute Gasteiger partial charge is 0.726 e. The van der Waals surface area contributed by atoms with E-state index in [1.165, 1.54) is 14.0 Å². The Morgan fingerprint density at radius 1 is 0.720 bits per heavy atom. The standard InChI is InChI=1S/C54H86O26S.Na/c1-22(2)10-13-31(57)53(8)30-14-17-52(7)24-11-12-29-50(4,5)33(15-16-51(29,6)25(24)18-32(58)54(30,52)49(66)79-53)75-48-44(36(61)28(21-71-48)80-81(67,68)69)78-45-38(63)37(62)41(23(3)72-45)76-47-40(65)43(35(60)27(20-56)74-47)77-46-39(64)42(70-9)34(59)26(19-55)73-46;/h18,22-24,26-30,32-48,55-56,58-65H,10-17,19-21H2,1-9H3,(H,67,68,69);/q;+1/p-1/t23-,24-,26-,27-,28-,29+,30-,32+,33+,34-,35-,36+,37-,38-,39-,40-,41-,42+,43+,44-,45+,46+,47+,48+,51-,52+,53-,54+;/m1./s1. The number of Topliss-reactive ketones (excluding diaryl/α,β-unsaturated/α-hetero) is 1. The van der Waals surface area contributed by atoms with Crippen LogP contribution in [-0.2, 0) is 71.5 Å². The van der Waals surface area contributed by atoms with Gasteiger partial charge >= 0.3 is 35.5 Å². The molecule has 0 aromatic carbocycles. The Hall–Kier alpha value is -1.01. The predicted octanol–water partition coefficient (Wildman–Crippen LogP) is -4.67. The maximum absolute atomic E-state index is 14.4. The van der Waals surface area contributed by atoms with Crippen LogP contribution < -0.4 is 29.6 Å². The van der Waals surface area contributed by atoms with E-state index >= 15 is 0 Å². The number of aliphatic hydroxyl groups is 10. The fourth-order valence-corrected chi connectivity index (χ4v) is 16.6. The summed E-state index contributed by atoms with van der Waals surface area (Å²) in [6.45, 7) is 13.2. The number of fused-ring (bicyclic) bond motifs is 4. The molecular formula is C54H85NaO26S. The van der Waals surface area contributed by atoms with Gasteiger partial charge in [-0.15, -0.1) is 0 Å². The van der Waals surface area contributed by atoms with E-state index in [1.807, 2.05) is 33.8 Å². The summed E-state index contributed by atoms with van der Waals surface area (Å²) in [7, 11) is -4.26. The number of rotatable bonds is 17. The maximum atomic E-state index is 14.4. The van der Waals surface area contributed by atoms with Crippen molar-refractivity contribution in [1.29, 1.82) is 0 Å². The Morgan fingerprint density at radius 3 is 1.90 bits per heavy atom. The van der Waals surface area contributed by atoms with Gasteiger partial charge in [0.05, 0.1) is 38.1 Å². The Bertz CT molecular complexity index is 2420. The van der Waals surface area contributed by atoms with E-state index in [4.69, 9.17) is 47.4 Å². The van der Waals surface area contributed by atoms with Gasteiger partial charge in [0, 0.05) is 19.4 Å². The zero-order valence-electron chi connectivity index (χ0n) is 48.2. The molecule has 5 aliphatic heterocycles. The Kier molecular flexibility index (Phi) is 20.2. The average Bonchev–Trinajstić information content (AvgIpc) is 1.45. The molecule has 5 saturated heterocycles. The van der Waals surface area contributed by atoms with Crippen molar-refractivity contribution in [2.24, 2.45) is 45.3 Å². The first-order valence-corrected chi connectivity index (χ1v) is 29.7. The first-order valence-electron chi connectivity index (χ1n) is 28.4. The largest absolute Gasteiger partial charge is 1.00 e. The topological polar surface area (TPSA) is 395 Å². The Labute approximate surface area is 499 Å². The average molecular weight is 1210 g/mol. The van der Waals surface area contributed by atoms with Gasteiger partial charge in [-0.25, -0.2) is 8.42 Å². The summed E-state index contributed by atoms with van der Waals surface area (Å²) in [4.78, 5) is 28.4. The van der Waals surface area contributed by atoms with Crippen molar-refractivity contribution in [2.75, 3.05) is 26.9 Å². The number of hydrogen-bond donors (Lipinski definition) is 10. The summed E-state index contributed by atoms with van der Waals surface area (Å²) >= 11 is 0. The van der Waals surface area contributed by atoms with Crippen LogP contribution in [0, 0.1) is 45.3 Å². The third-order valence-electron chi connectivity index (χ3n) is 20.5. The number of allylic oxidation sites excluding steroid dienone is 1. The minimum Gasteiger partial charge on any atom is -0.726 e. The molecule has 28 atom stereocenters. The SMILES string of the molecule is CO[C@@H]1[C@@H](O)[C@H](O[C@@H]2[C@@H](O)[C@H](O[C@H]3[C@H](O)[C@@H](O)[C@H](O[C@H]4[C@H](O[C@H]5CC[C@]6(C)C7=C[C@H](O)[C@]89C(=O)O[C@@](C)(C(=O)CCC(C)C)[C@H]8CC[C@@]9(C)[C@@H]7CC[C@H]6C5(C)C)OC[C@@H](OS(=O)(=O)[O-])[C@@H]4O)O[C@@H]3C)O[C@H](CO)[C@H]2O)O[C@H](CO)[C@H]1O.[Na+]. The maximum Gasteiger partial charge on any atom is 1.00 e. The number of ether oxygens (including phenoxy) is 10. The van der Waals surface area contributed by atoms with Crippen molar-refractivity contribution in [3.63, 3.8) is 0 Å². The molecule has 1 spiro atoms. The molecule has 28 heteroatoms. The van der Waals surface area contributed by atoms with Gasteiger partial charge in [0.15, 0.2) is 36.5 Å². The van der Waals surface area contributed by atoms with E-state index in [0.717, 1.165) is 5.57 Å². The molecule has 9 rings (SSSR count). The molecular weight excluding hydrogens is 1120 g/mol. The van der Waals surface area contributed by atoms with Crippen molar-refractivity contribution in [3.05, 3.63) is 11.6 Å². The van der Waals surface area contributed by atoms with Crippen molar-refractivity contribution in [3.8, 4) is 0 Å². The second-order valence-electron chi connectivity index (χ2n) is 25.7. The van der Waals surface area contributed by atoms with Gasteiger partial charge in [0.25, 0.3) is 0 Å². The van der Waals surface area contributed by atoms with Crippen molar-refractivity contribution < 1.29 is 155 Å². The van der Waals surface area contributed by atoms with Crippen molar-refractivity contribution >= 4 is 22.2 Å². The first-order chi connectivity index (χ1) is 37.9. The summed E-state index contributed by atoms with van der Waals surface area (Å²) in [6, 6.07) is 0. The molecule has 5 heterocycles. The zero-order chi connectivity index (χ0) is 59.4. The zero-order valence-corrected chi connectivity index (χ0v) is 51.0. The quantitative estimate of drug-likeness (QED) is 0.0163. The molecule has 10 N–H and O–H groups in total. The third-order valence-corrected chi connectivity index (χ3v) is 21.0. The van der Waals surface area contributed by atoms with Gasteiger partial charge in [-0.05, 0) is 92.8 Å². The molecule has 0 aromatic rings. The van der Waals surface area contributed by atoms with Crippen LogP contribution in [-0.4, -0.2) is 237 Å². The van der Waals surface area contributed by atoms with Crippen LogP contribution in [0.1, 0.15) is 107 Å². The summed E-state index contributed by atoms with van der Waals surface area (Å²) in [5, 5.41) is 112. The second-order valence-corrected chi connectivity index (χ2v) is 26.7. The first kappa shape index (κ1) is 66.9. The number of aliphatic hydroxyl groups excluding tert-OH is 10. The third kappa shape index (κ3) is 11.2. The number of cyclic esters (lactones) is 1. The Balaban J connectivity index is 0.00000880. The Morgan fingerprint density at radius 2 is 1.30 bits per heavy atom. The number of methoxy groups -OCH3 is 1. The van der Waals surface area contributed by atoms with Crippen LogP contribution in [0.15, 0.2) is 11.6 Å². The van der Waals surface area contributed by atoms with Crippen LogP contribution in [0.4, 0.5) is 0 Å². The minimum absolute atomic E-state index is 0. The minimum atomic E-state index is -5.44. The van der Waals surface area contributed by atoms with Crippen molar-refractivity contribution in [2.45, 2.75) is 241 Å². The molecule has 26 nitrogen and oxygen atoms in total. The molecule has 3 saturated carbocycles. The number of esters is 1. The summed E-state index contributed by atoms with van der Waals surface area (Å²) < 4.78 is 99.6. The van der Waals surface area contributed by atoms with E-state index < -0.39 is 198 Å². The molecule has 0 unspecified atom stereocenters. The van der Waals surface area contributed by atoms with Crippen LogP contribution in [0.3, 0.4) is 0 Å². The molecule has 4 aliphatic carbocycles. The second kappa shape index (κ2) is 24.8. The van der Waals surface area contributed by atoms with Crippen LogP contribution >= 0.6 is 0 Å². The van der Waals surface area contributed by atoms with E-state index in [2.05, 4.69) is 18.0 Å². The van der Waals surface area contributed by atoms with Gasteiger partial charge in [0.1, 0.15) is 90.9 Å². The van der Waals surface area contributed by atoms with Gasteiger partial charge in [-0.3, -0.25) is 13.8 Å². The van der Waals surface area contributed by atoms with Gasteiger partial charge in [0.2, 0.25) is 10.4 Å². The van der Waals surface area contributed by atoms with E-state index in [1.54, 1.807) is 6.92 Å². The fourth-order valence-electron chi connectivity index (χ4n) is 16.2.